The van der Waals surface area contributed by atoms with Crippen LogP contribution in [0.5, 0.6) is 0 Å². The van der Waals surface area contributed by atoms with Crippen LogP contribution in [0, 0.1) is 5.82 Å². The van der Waals surface area contributed by atoms with Gasteiger partial charge in [-0.2, -0.15) is 0 Å². The summed E-state index contributed by atoms with van der Waals surface area (Å²) in [6, 6.07) is 10.7. The molecule has 2 aromatic rings. The normalized spacial score (nSPS) is 19.4. The number of nitrogens with zero attached hydrogens (tertiary/aromatic N) is 3. The van der Waals surface area contributed by atoms with Crippen LogP contribution in [0.1, 0.15) is 17.3 Å². The van der Waals surface area contributed by atoms with Crippen molar-refractivity contribution in [2.75, 3.05) is 20.1 Å². The van der Waals surface area contributed by atoms with Crippen molar-refractivity contribution in [3.05, 3.63) is 77.0 Å². The number of carbonyl (C=O) groups is 2. The Morgan fingerprint density at radius 3 is 2.81 bits per heavy atom. The third-order valence-electron chi connectivity index (χ3n) is 4.98. The number of aromatic nitrogens is 1. The number of rotatable bonds is 4. The molecule has 6 nitrogen and oxygen atoms in total. The number of pyridine rings is 1. The van der Waals surface area contributed by atoms with E-state index in [-0.39, 0.29) is 11.9 Å². The number of hydrogen-bond acceptors (Lipinski definition) is 3. The largest absolute Gasteiger partial charge is 0.333 e. The molecule has 0 bridgehead atoms. The van der Waals surface area contributed by atoms with E-state index in [0.29, 0.717) is 36.3 Å². The summed E-state index contributed by atoms with van der Waals surface area (Å²) in [6.07, 6.45) is 2.35. The van der Waals surface area contributed by atoms with Gasteiger partial charge in [0.15, 0.2) is 0 Å². The van der Waals surface area contributed by atoms with Crippen LogP contribution in [0.4, 0.5) is 9.18 Å². The smallest absolute Gasteiger partial charge is 0.322 e. The zero-order chi connectivity index (χ0) is 19.0. The molecule has 4 rings (SSSR count). The first-order valence-corrected chi connectivity index (χ1v) is 8.76. The van der Waals surface area contributed by atoms with Gasteiger partial charge in [0, 0.05) is 31.9 Å². The standard InChI is InChI=1S/C20H19FN4O2/c1-24-16-12-25(10-8-15-7-2-3-9-22-15)19(26)17(16)18(23-20(24)27)13-5-4-6-14(21)11-13/h2-7,9,11,18H,8,10,12H2,1H3,(H,23,27). The summed E-state index contributed by atoms with van der Waals surface area (Å²) in [4.78, 5) is 32.9. The first-order chi connectivity index (χ1) is 13.0. The van der Waals surface area contributed by atoms with Crippen molar-refractivity contribution < 1.29 is 14.0 Å². The summed E-state index contributed by atoms with van der Waals surface area (Å²) in [6.45, 7) is 0.859. The lowest BCUT2D eigenvalue weighted by Crippen LogP contribution is -2.45. The Morgan fingerprint density at radius 2 is 2.07 bits per heavy atom. The third-order valence-corrected chi connectivity index (χ3v) is 4.98. The Morgan fingerprint density at radius 1 is 1.22 bits per heavy atom. The van der Waals surface area contributed by atoms with Gasteiger partial charge in [-0.25, -0.2) is 9.18 Å². The molecule has 2 aliphatic heterocycles. The number of benzene rings is 1. The number of hydrogen-bond donors (Lipinski definition) is 1. The van der Waals surface area contributed by atoms with E-state index in [1.807, 2.05) is 18.2 Å². The molecular formula is C20H19FN4O2. The van der Waals surface area contributed by atoms with E-state index in [1.165, 1.54) is 17.0 Å². The molecule has 1 aromatic carbocycles. The van der Waals surface area contributed by atoms with E-state index in [1.54, 1.807) is 30.3 Å². The summed E-state index contributed by atoms with van der Waals surface area (Å²) < 4.78 is 13.7. The van der Waals surface area contributed by atoms with E-state index in [2.05, 4.69) is 10.3 Å². The van der Waals surface area contributed by atoms with E-state index in [9.17, 15) is 14.0 Å². The maximum atomic E-state index is 13.7. The van der Waals surface area contributed by atoms with Crippen LogP contribution >= 0.6 is 0 Å². The number of nitrogens with one attached hydrogen (secondary N) is 1. The Labute approximate surface area is 156 Å². The molecule has 2 aliphatic rings. The quantitative estimate of drug-likeness (QED) is 0.903. The van der Waals surface area contributed by atoms with Gasteiger partial charge in [0.25, 0.3) is 5.91 Å². The summed E-state index contributed by atoms with van der Waals surface area (Å²) in [7, 11) is 1.64. The number of likely N-dealkylation sites (N-methyl/N-ethyl adjacent to an activating group) is 1. The van der Waals surface area contributed by atoms with Crippen molar-refractivity contribution in [1.29, 1.82) is 0 Å². The first-order valence-electron chi connectivity index (χ1n) is 8.76. The summed E-state index contributed by atoms with van der Waals surface area (Å²) in [5.41, 5.74) is 2.63. The molecule has 27 heavy (non-hydrogen) atoms. The number of amides is 3. The monoisotopic (exact) mass is 366 g/mol. The van der Waals surface area contributed by atoms with Crippen molar-refractivity contribution in [3.8, 4) is 0 Å². The molecule has 1 atom stereocenters. The van der Waals surface area contributed by atoms with Gasteiger partial charge >= 0.3 is 6.03 Å². The summed E-state index contributed by atoms with van der Waals surface area (Å²) in [5.74, 6) is -0.540. The minimum atomic E-state index is -0.647. The van der Waals surface area contributed by atoms with Crippen molar-refractivity contribution in [3.63, 3.8) is 0 Å². The molecule has 1 unspecified atom stereocenters. The lowest BCUT2D eigenvalue weighted by atomic mass is 9.95. The second-order valence-corrected chi connectivity index (χ2v) is 6.65. The molecule has 0 radical (unpaired) electrons. The van der Waals surface area contributed by atoms with Gasteiger partial charge in [-0.1, -0.05) is 18.2 Å². The van der Waals surface area contributed by atoms with Crippen LogP contribution < -0.4 is 5.32 Å². The summed E-state index contributed by atoms with van der Waals surface area (Å²) in [5, 5.41) is 2.81. The second kappa shape index (κ2) is 6.83. The SMILES string of the molecule is CN1C(=O)NC(c2cccc(F)c2)C2=C1CN(CCc1ccccn1)C2=O. The topological polar surface area (TPSA) is 65.5 Å². The maximum Gasteiger partial charge on any atom is 0.322 e. The molecule has 0 saturated heterocycles. The minimum absolute atomic E-state index is 0.137. The van der Waals surface area contributed by atoms with Gasteiger partial charge < -0.3 is 10.2 Å². The molecule has 0 spiro atoms. The maximum absolute atomic E-state index is 13.7. The van der Waals surface area contributed by atoms with Gasteiger partial charge in [-0.15, -0.1) is 0 Å². The Bertz CT molecular complexity index is 929. The highest BCUT2D eigenvalue weighted by Gasteiger charge is 2.42. The fourth-order valence-electron chi connectivity index (χ4n) is 3.54. The summed E-state index contributed by atoms with van der Waals surface area (Å²) >= 11 is 0. The van der Waals surface area contributed by atoms with Crippen LogP contribution in [-0.4, -0.2) is 46.9 Å². The predicted octanol–water partition coefficient (Wildman–Crippen LogP) is 2.26. The van der Waals surface area contributed by atoms with Crippen LogP contribution in [0.2, 0.25) is 0 Å². The Hall–Kier alpha value is -3.22. The van der Waals surface area contributed by atoms with Gasteiger partial charge in [0.2, 0.25) is 0 Å². The highest BCUT2D eigenvalue weighted by Crippen LogP contribution is 2.35. The molecule has 1 aromatic heterocycles. The molecule has 0 aliphatic carbocycles. The van der Waals surface area contributed by atoms with Crippen molar-refractivity contribution in [2.45, 2.75) is 12.5 Å². The van der Waals surface area contributed by atoms with Gasteiger partial charge in [0.1, 0.15) is 5.82 Å². The van der Waals surface area contributed by atoms with E-state index in [4.69, 9.17) is 0 Å². The zero-order valence-electron chi connectivity index (χ0n) is 14.9. The molecular weight excluding hydrogens is 347 g/mol. The lowest BCUT2D eigenvalue weighted by Gasteiger charge is -2.31. The first kappa shape index (κ1) is 17.2. The van der Waals surface area contributed by atoms with Crippen molar-refractivity contribution in [2.24, 2.45) is 0 Å². The Kier molecular flexibility index (Phi) is 4.35. The van der Waals surface area contributed by atoms with Crippen LogP contribution in [-0.2, 0) is 11.2 Å². The average Bonchev–Trinajstić information content (AvgIpc) is 3.01. The third kappa shape index (κ3) is 3.16. The highest BCUT2D eigenvalue weighted by molar-refractivity contribution is 6.01. The van der Waals surface area contributed by atoms with E-state index in [0.717, 1.165) is 5.69 Å². The van der Waals surface area contributed by atoms with Crippen LogP contribution in [0.3, 0.4) is 0 Å². The van der Waals surface area contributed by atoms with Crippen molar-refractivity contribution >= 4 is 11.9 Å². The van der Waals surface area contributed by atoms with E-state index < -0.39 is 11.9 Å². The molecule has 1 N–H and O–H groups in total. The fraction of sp³-hybridized carbons (Fsp3) is 0.250. The average molecular weight is 366 g/mol. The number of halogens is 1. The molecule has 0 fully saturated rings. The van der Waals surface area contributed by atoms with Crippen LogP contribution in [0.15, 0.2) is 59.9 Å². The number of carbonyl (C=O) groups excluding carboxylic acids is 2. The van der Waals surface area contributed by atoms with Crippen molar-refractivity contribution in [1.82, 2.24) is 20.1 Å². The van der Waals surface area contributed by atoms with Gasteiger partial charge in [-0.05, 0) is 29.8 Å². The fourth-order valence-corrected chi connectivity index (χ4v) is 3.54. The number of urea groups is 1. The zero-order valence-corrected chi connectivity index (χ0v) is 14.9. The lowest BCUT2D eigenvalue weighted by molar-refractivity contribution is -0.125. The predicted molar refractivity (Wildman–Crippen MR) is 97.0 cm³/mol. The molecule has 7 heteroatoms. The van der Waals surface area contributed by atoms with E-state index >= 15 is 0 Å². The molecule has 0 saturated carbocycles. The second-order valence-electron chi connectivity index (χ2n) is 6.65. The van der Waals surface area contributed by atoms with Gasteiger partial charge in [0.05, 0.1) is 23.9 Å². The molecule has 3 amide bonds. The van der Waals surface area contributed by atoms with Gasteiger partial charge in [-0.3, -0.25) is 14.7 Å². The minimum Gasteiger partial charge on any atom is -0.333 e. The Balaban J connectivity index is 1.60. The molecule has 3 heterocycles. The highest BCUT2D eigenvalue weighted by atomic mass is 19.1. The van der Waals surface area contributed by atoms with Crippen LogP contribution in [0.25, 0.3) is 0 Å². The molecule has 138 valence electrons.